The van der Waals surface area contributed by atoms with Gasteiger partial charge in [-0.2, -0.15) is 0 Å². The molecule has 0 saturated carbocycles. The summed E-state index contributed by atoms with van der Waals surface area (Å²) in [6.45, 7) is 1.53. The van der Waals surface area contributed by atoms with Crippen molar-refractivity contribution in [2.24, 2.45) is 0 Å². The second-order valence-corrected chi connectivity index (χ2v) is 6.27. The summed E-state index contributed by atoms with van der Waals surface area (Å²) >= 11 is 0. The molecule has 0 atom stereocenters. The molecule has 1 aromatic carbocycles. The molecule has 0 heterocycles. The molecule has 106 valence electrons. The van der Waals surface area contributed by atoms with Crippen LogP contribution in [-0.2, 0) is 14.6 Å². The van der Waals surface area contributed by atoms with Crippen molar-refractivity contribution in [1.82, 2.24) is 0 Å². The van der Waals surface area contributed by atoms with Crippen LogP contribution in [0.4, 0.5) is 5.69 Å². The molecule has 1 aromatic rings. The molecular formula is C12H17NO5S. The summed E-state index contributed by atoms with van der Waals surface area (Å²) in [5.74, 6) is -0.458. The van der Waals surface area contributed by atoms with Gasteiger partial charge in [-0.05, 0) is 12.1 Å². The molecule has 19 heavy (non-hydrogen) atoms. The van der Waals surface area contributed by atoms with Crippen molar-refractivity contribution in [2.45, 2.75) is 6.92 Å². The van der Waals surface area contributed by atoms with Crippen LogP contribution in [0.15, 0.2) is 18.2 Å². The Kier molecular flexibility index (Phi) is 5.17. The minimum absolute atomic E-state index is 0.0381. The number of carbonyl (C=O) groups is 1. The number of nitrogens with two attached hydrogens (primary N) is 1. The molecule has 0 unspecified atom stereocenters. The van der Waals surface area contributed by atoms with Gasteiger partial charge < -0.3 is 15.2 Å². The Morgan fingerprint density at radius 1 is 1.37 bits per heavy atom. The van der Waals surface area contributed by atoms with E-state index in [1.165, 1.54) is 7.11 Å². The summed E-state index contributed by atoms with van der Waals surface area (Å²) in [7, 11) is -1.87. The van der Waals surface area contributed by atoms with Gasteiger partial charge in [0.15, 0.2) is 9.84 Å². The van der Waals surface area contributed by atoms with Gasteiger partial charge in [-0.3, -0.25) is 0 Å². The molecule has 1 rings (SSSR count). The number of benzene rings is 1. The van der Waals surface area contributed by atoms with E-state index in [1.54, 1.807) is 25.1 Å². The van der Waals surface area contributed by atoms with E-state index >= 15 is 0 Å². The van der Waals surface area contributed by atoms with Crippen molar-refractivity contribution in [3.8, 4) is 5.75 Å². The van der Waals surface area contributed by atoms with E-state index in [2.05, 4.69) is 4.74 Å². The summed E-state index contributed by atoms with van der Waals surface area (Å²) in [5, 5.41) is 0. The van der Waals surface area contributed by atoms with Crippen molar-refractivity contribution < 1.29 is 22.7 Å². The molecule has 0 spiro atoms. The highest BCUT2D eigenvalue weighted by Gasteiger charge is 2.17. The lowest BCUT2D eigenvalue weighted by atomic mass is 10.1. The maximum atomic E-state index is 11.6. The second kappa shape index (κ2) is 6.42. The quantitative estimate of drug-likeness (QED) is 0.616. The predicted octanol–water partition coefficient (Wildman–Crippen LogP) is 0.869. The fourth-order valence-corrected chi connectivity index (χ4v) is 2.04. The minimum atomic E-state index is -3.11. The van der Waals surface area contributed by atoms with Gasteiger partial charge in [-0.15, -0.1) is 0 Å². The SMILES string of the molecule is CCS(=O)(=O)CCOc1cccc(N)c1C(=O)OC. The Morgan fingerprint density at radius 3 is 2.63 bits per heavy atom. The Labute approximate surface area is 112 Å². The van der Waals surface area contributed by atoms with Gasteiger partial charge in [0.25, 0.3) is 0 Å². The van der Waals surface area contributed by atoms with Crippen molar-refractivity contribution >= 4 is 21.5 Å². The van der Waals surface area contributed by atoms with Crippen LogP contribution in [0.3, 0.4) is 0 Å². The van der Waals surface area contributed by atoms with E-state index in [1.807, 2.05) is 0 Å². The molecule has 2 N–H and O–H groups in total. The summed E-state index contributed by atoms with van der Waals surface area (Å²) in [5.41, 5.74) is 6.02. The number of esters is 1. The number of rotatable bonds is 6. The lowest BCUT2D eigenvalue weighted by Crippen LogP contribution is -2.17. The molecule has 0 aliphatic carbocycles. The number of nitrogen functional groups attached to an aromatic ring is 1. The normalized spacial score (nSPS) is 11.1. The molecule has 0 aromatic heterocycles. The first kappa shape index (κ1) is 15.3. The maximum Gasteiger partial charge on any atom is 0.343 e. The molecule has 0 fully saturated rings. The highest BCUT2D eigenvalue weighted by Crippen LogP contribution is 2.25. The smallest absolute Gasteiger partial charge is 0.343 e. The van der Waals surface area contributed by atoms with Crippen LogP contribution in [0.5, 0.6) is 5.75 Å². The van der Waals surface area contributed by atoms with E-state index in [9.17, 15) is 13.2 Å². The number of carbonyl (C=O) groups excluding carboxylic acids is 1. The molecule has 6 nitrogen and oxygen atoms in total. The van der Waals surface area contributed by atoms with Gasteiger partial charge in [-0.1, -0.05) is 13.0 Å². The van der Waals surface area contributed by atoms with Crippen molar-refractivity contribution in [3.05, 3.63) is 23.8 Å². The van der Waals surface area contributed by atoms with E-state index < -0.39 is 15.8 Å². The predicted molar refractivity (Wildman–Crippen MR) is 72.0 cm³/mol. The maximum absolute atomic E-state index is 11.6. The van der Waals surface area contributed by atoms with E-state index in [0.29, 0.717) is 0 Å². The number of hydrogen-bond acceptors (Lipinski definition) is 6. The molecule has 0 radical (unpaired) electrons. The van der Waals surface area contributed by atoms with Crippen LogP contribution in [0, 0.1) is 0 Å². The molecule has 0 bridgehead atoms. The van der Waals surface area contributed by atoms with Crippen LogP contribution in [0.25, 0.3) is 0 Å². The fraction of sp³-hybridized carbons (Fsp3) is 0.417. The van der Waals surface area contributed by atoms with Gasteiger partial charge >= 0.3 is 5.97 Å². The number of anilines is 1. The van der Waals surface area contributed by atoms with Crippen LogP contribution < -0.4 is 10.5 Å². The van der Waals surface area contributed by atoms with Crippen molar-refractivity contribution in [3.63, 3.8) is 0 Å². The van der Waals surface area contributed by atoms with Crippen LogP contribution in [0.1, 0.15) is 17.3 Å². The minimum Gasteiger partial charge on any atom is -0.492 e. The Hall–Kier alpha value is -1.76. The first-order chi connectivity index (χ1) is 8.91. The third-order valence-corrected chi connectivity index (χ3v) is 4.21. The number of sulfone groups is 1. The Morgan fingerprint density at radius 2 is 2.05 bits per heavy atom. The molecule has 7 heteroatoms. The zero-order chi connectivity index (χ0) is 14.5. The first-order valence-electron chi connectivity index (χ1n) is 5.71. The topological polar surface area (TPSA) is 95.7 Å². The summed E-state index contributed by atoms with van der Waals surface area (Å²) < 4.78 is 32.6. The summed E-state index contributed by atoms with van der Waals surface area (Å²) in [6.07, 6.45) is 0. The van der Waals surface area contributed by atoms with Crippen molar-refractivity contribution in [2.75, 3.05) is 31.0 Å². The van der Waals surface area contributed by atoms with Crippen LogP contribution >= 0.6 is 0 Å². The third-order valence-electron chi connectivity index (χ3n) is 2.54. The highest BCUT2D eigenvalue weighted by molar-refractivity contribution is 7.91. The van der Waals surface area contributed by atoms with Gasteiger partial charge in [0.2, 0.25) is 0 Å². The van der Waals surface area contributed by atoms with Gasteiger partial charge in [0, 0.05) is 11.4 Å². The molecule has 0 aliphatic rings. The molecule has 0 aliphatic heterocycles. The average molecular weight is 287 g/mol. The van der Waals surface area contributed by atoms with Crippen LogP contribution in [0.2, 0.25) is 0 Å². The fourth-order valence-electron chi connectivity index (χ4n) is 1.41. The first-order valence-corrected chi connectivity index (χ1v) is 7.53. The van der Waals surface area contributed by atoms with Gasteiger partial charge in [-0.25, -0.2) is 13.2 Å². The van der Waals surface area contributed by atoms with E-state index in [4.69, 9.17) is 10.5 Å². The van der Waals surface area contributed by atoms with E-state index in [-0.39, 0.29) is 35.1 Å². The number of methoxy groups -OCH3 is 1. The number of ether oxygens (including phenoxy) is 2. The summed E-state index contributed by atoms with van der Waals surface area (Å²) in [4.78, 5) is 11.6. The monoisotopic (exact) mass is 287 g/mol. The third kappa shape index (κ3) is 4.13. The lowest BCUT2D eigenvalue weighted by molar-refractivity contribution is 0.0597. The highest BCUT2D eigenvalue weighted by atomic mass is 32.2. The second-order valence-electron chi connectivity index (χ2n) is 3.80. The van der Waals surface area contributed by atoms with Crippen LogP contribution in [-0.4, -0.2) is 39.6 Å². The van der Waals surface area contributed by atoms with Gasteiger partial charge in [0.05, 0.1) is 12.9 Å². The van der Waals surface area contributed by atoms with E-state index in [0.717, 1.165) is 0 Å². The number of hydrogen-bond donors (Lipinski definition) is 1. The average Bonchev–Trinajstić information content (AvgIpc) is 2.38. The van der Waals surface area contributed by atoms with Crippen molar-refractivity contribution in [1.29, 1.82) is 0 Å². The lowest BCUT2D eigenvalue weighted by Gasteiger charge is -2.11. The molecular weight excluding hydrogens is 270 g/mol. The Balaban J connectivity index is 2.84. The molecule has 0 amide bonds. The Bertz CT molecular complexity index is 553. The zero-order valence-corrected chi connectivity index (χ0v) is 11.7. The van der Waals surface area contributed by atoms with Gasteiger partial charge in [0.1, 0.15) is 17.9 Å². The zero-order valence-electron chi connectivity index (χ0n) is 10.9. The largest absolute Gasteiger partial charge is 0.492 e. The summed E-state index contributed by atoms with van der Waals surface area (Å²) in [6, 6.07) is 4.70. The standard InChI is InChI=1S/C12H17NO5S/c1-3-19(15,16)8-7-18-10-6-4-5-9(13)11(10)12(14)17-2/h4-6H,3,7-8,13H2,1-2H3. The molecule has 0 saturated heterocycles.